The Morgan fingerprint density at radius 1 is 1.33 bits per heavy atom. The van der Waals surface area contributed by atoms with E-state index in [1.54, 1.807) is 18.3 Å². The Morgan fingerprint density at radius 3 is 2.81 bits per heavy atom. The second kappa shape index (κ2) is 5.55. The van der Waals surface area contributed by atoms with Gasteiger partial charge in [0.1, 0.15) is 9.88 Å². The summed E-state index contributed by atoms with van der Waals surface area (Å²) in [7, 11) is 0. The van der Waals surface area contributed by atoms with Gasteiger partial charge in [0.25, 0.3) is 5.91 Å². The highest BCUT2D eigenvalue weighted by molar-refractivity contribution is 7.27. The SMILES string of the molecule is Cc1nc(CNC(=O)c2cc3sccc3s2)sc1C(=O)O. The third-order valence-corrected chi connectivity index (χ3v) is 6.04. The fourth-order valence-corrected chi connectivity index (χ4v) is 4.72. The number of thiazole rings is 1. The minimum absolute atomic E-state index is 0.159. The Kier molecular flexibility index (Phi) is 3.75. The molecule has 3 heterocycles. The average Bonchev–Trinajstić information content (AvgIpc) is 3.08. The molecule has 108 valence electrons. The highest BCUT2D eigenvalue weighted by Crippen LogP contribution is 2.29. The van der Waals surface area contributed by atoms with Crippen LogP contribution >= 0.6 is 34.0 Å². The van der Waals surface area contributed by atoms with E-state index in [9.17, 15) is 9.59 Å². The Balaban J connectivity index is 1.69. The van der Waals surface area contributed by atoms with Crippen LogP contribution < -0.4 is 5.32 Å². The second-order valence-electron chi connectivity index (χ2n) is 4.27. The first-order valence-corrected chi connectivity index (χ1v) is 8.50. The van der Waals surface area contributed by atoms with Crippen LogP contribution in [-0.2, 0) is 6.54 Å². The molecule has 2 N–H and O–H groups in total. The van der Waals surface area contributed by atoms with Crippen LogP contribution in [0.1, 0.15) is 30.0 Å². The molecule has 0 saturated carbocycles. The molecule has 0 saturated heterocycles. The molecule has 21 heavy (non-hydrogen) atoms. The average molecular weight is 338 g/mol. The van der Waals surface area contributed by atoms with Gasteiger partial charge < -0.3 is 10.4 Å². The van der Waals surface area contributed by atoms with Gasteiger partial charge in [-0.2, -0.15) is 0 Å². The number of carbonyl (C=O) groups excluding carboxylic acids is 1. The molecule has 0 aliphatic carbocycles. The zero-order chi connectivity index (χ0) is 15.0. The first-order chi connectivity index (χ1) is 10.0. The largest absolute Gasteiger partial charge is 0.477 e. The summed E-state index contributed by atoms with van der Waals surface area (Å²) in [4.78, 5) is 28.1. The highest BCUT2D eigenvalue weighted by Gasteiger charge is 2.15. The number of hydrogen-bond acceptors (Lipinski definition) is 6. The van der Waals surface area contributed by atoms with E-state index in [4.69, 9.17) is 5.11 Å². The van der Waals surface area contributed by atoms with Crippen LogP contribution in [0.2, 0.25) is 0 Å². The lowest BCUT2D eigenvalue weighted by Crippen LogP contribution is -2.21. The number of fused-ring (bicyclic) bond motifs is 1. The molecule has 0 unspecified atom stereocenters. The molecule has 1 amide bonds. The van der Waals surface area contributed by atoms with E-state index >= 15 is 0 Å². The van der Waals surface area contributed by atoms with Gasteiger partial charge >= 0.3 is 5.97 Å². The van der Waals surface area contributed by atoms with Crippen molar-refractivity contribution >= 4 is 55.3 Å². The maximum absolute atomic E-state index is 12.1. The van der Waals surface area contributed by atoms with Crippen molar-refractivity contribution in [3.8, 4) is 0 Å². The van der Waals surface area contributed by atoms with Gasteiger partial charge in [-0.15, -0.1) is 34.0 Å². The number of nitrogens with zero attached hydrogens (tertiary/aromatic N) is 1. The molecule has 3 aromatic heterocycles. The summed E-state index contributed by atoms with van der Waals surface area (Å²) in [6, 6.07) is 3.86. The fourth-order valence-electron chi connectivity index (χ4n) is 1.85. The van der Waals surface area contributed by atoms with Gasteiger partial charge in [0.05, 0.1) is 17.1 Å². The Morgan fingerprint density at radius 2 is 2.14 bits per heavy atom. The van der Waals surface area contributed by atoms with Crippen LogP contribution in [0.25, 0.3) is 9.40 Å². The first kappa shape index (κ1) is 14.2. The maximum Gasteiger partial charge on any atom is 0.347 e. The summed E-state index contributed by atoms with van der Waals surface area (Å²) in [5.41, 5.74) is 0.480. The molecular weight excluding hydrogens is 328 g/mol. The van der Waals surface area contributed by atoms with Crippen molar-refractivity contribution in [1.82, 2.24) is 10.3 Å². The van der Waals surface area contributed by atoms with E-state index in [0.717, 1.165) is 20.7 Å². The molecule has 0 aromatic carbocycles. The van der Waals surface area contributed by atoms with E-state index in [2.05, 4.69) is 10.3 Å². The number of aromatic carboxylic acids is 1. The number of aromatic nitrogens is 1. The minimum Gasteiger partial charge on any atom is -0.477 e. The van der Waals surface area contributed by atoms with Gasteiger partial charge in [-0.05, 0) is 24.4 Å². The lowest BCUT2D eigenvalue weighted by molar-refractivity contribution is 0.0701. The lowest BCUT2D eigenvalue weighted by atomic mass is 10.4. The first-order valence-electron chi connectivity index (χ1n) is 5.99. The molecule has 0 aliphatic heterocycles. The van der Waals surface area contributed by atoms with Crippen LogP contribution in [0, 0.1) is 6.92 Å². The number of hydrogen-bond donors (Lipinski definition) is 2. The van der Waals surface area contributed by atoms with Gasteiger partial charge in [0.2, 0.25) is 0 Å². The van der Waals surface area contributed by atoms with E-state index in [0.29, 0.717) is 15.6 Å². The number of carboxylic acids is 1. The van der Waals surface area contributed by atoms with Crippen molar-refractivity contribution in [3.05, 3.63) is 38.0 Å². The molecule has 0 bridgehead atoms. The van der Waals surface area contributed by atoms with Gasteiger partial charge in [-0.1, -0.05) is 0 Å². The molecule has 3 rings (SSSR count). The van der Waals surface area contributed by atoms with Crippen molar-refractivity contribution in [2.24, 2.45) is 0 Å². The van der Waals surface area contributed by atoms with E-state index in [1.807, 2.05) is 17.5 Å². The van der Waals surface area contributed by atoms with E-state index < -0.39 is 5.97 Å². The summed E-state index contributed by atoms with van der Waals surface area (Å²) >= 11 is 4.14. The summed E-state index contributed by atoms with van der Waals surface area (Å²) in [6.07, 6.45) is 0. The zero-order valence-electron chi connectivity index (χ0n) is 10.9. The minimum atomic E-state index is -0.985. The number of carboxylic acid groups (broad SMARTS) is 1. The van der Waals surface area contributed by atoms with Crippen molar-refractivity contribution in [2.75, 3.05) is 0 Å². The van der Waals surface area contributed by atoms with Crippen molar-refractivity contribution in [3.63, 3.8) is 0 Å². The maximum atomic E-state index is 12.1. The molecule has 0 spiro atoms. The summed E-state index contributed by atoms with van der Waals surface area (Å²) in [6.45, 7) is 1.89. The van der Waals surface area contributed by atoms with E-state index in [1.165, 1.54) is 11.3 Å². The van der Waals surface area contributed by atoms with Crippen LogP contribution in [0.3, 0.4) is 0 Å². The Bertz CT molecular complexity index is 802. The number of aryl methyl sites for hydroxylation is 1. The number of rotatable bonds is 4. The quantitative estimate of drug-likeness (QED) is 0.764. The topological polar surface area (TPSA) is 79.3 Å². The number of thiophene rings is 2. The van der Waals surface area contributed by atoms with Crippen LogP contribution in [0.4, 0.5) is 0 Å². The smallest absolute Gasteiger partial charge is 0.347 e. The summed E-state index contributed by atoms with van der Waals surface area (Å²) < 4.78 is 2.20. The zero-order valence-corrected chi connectivity index (χ0v) is 13.3. The van der Waals surface area contributed by atoms with Gasteiger partial charge in [-0.3, -0.25) is 4.79 Å². The summed E-state index contributed by atoms with van der Waals surface area (Å²) in [5, 5.41) is 14.3. The van der Waals surface area contributed by atoms with Gasteiger partial charge in [0.15, 0.2) is 0 Å². The monoisotopic (exact) mass is 338 g/mol. The van der Waals surface area contributed by atoms with Crippen molar-refractivity contribution in [2.45, 2.75) is 13.5 Å². The predicted molar refractivity (Wildman–Crippen MR) is 84.7 cm³/mol. The van der Waals surface area contributed by atoms with E-state index in [-0.39, 0.29) is 17.3 Å². The molecular formula is C13H10N2O3S3. The summed E-state index contributed by atoms with van der Waals surface area (Å²) in [5.74, 6) is -1.14. The normalized spacial score (nSPS) is 10.9. The fraction of sp³-hybridized carbons (Fsp3) is 0.154. The molecule has 0 atom stereocenters. The molecule has 0 radical (unpaired) electrons. The Labute approximate surface area is 131 Å². The molecule has 3 aromatic rings. The van der Waals surface area contributed by atoms with Crippen LogP contribution in [0.15, 0.2) is 17.5 Å². The second-order valence-corrected chi connectivity index (χ2v) is 7.38. The van der Waals surface area contributed by atoms with Gasteiger partial charge in [-0.25, -0.2) is 9.78 Å². The molecule has 0 fully saturated rings. The number of amides is 1. The van der Waals surface area contributed by atoms with Crippen molar-refractivity contribution < 1.29 is 14.7 Å². The van der Waals surface area contributed by atoms with Crippen LogP contribution in [-0.4, -0.2) is 22.0 Å². The predicted octanol–water partition coefficient (Wildman–Crippen LogP) is 3.36. The van der Waals surface area contributed by atoms with Crippen LogP contribution in [0.5, 0.6) is 0 Å². The third kappa shape index (κ3) is 2.82. The van der Waals surface area contributed by atoms with Gasteiger partial charge in [0, 0.05) is 9.40 Å². The standard InChI is InChI=1S/C13H10N2O3S3/c1-6-11(13(17)18)21-10(15-6)5-14-12(16)9-4-8-7(20-9)2-3-19-8/h2-4H,5H2,1H3,(H,14,16)(H,17,18). The lowest BCUT2D eigenvalue weighted by Gasteiger charge is -1.99. The highest BCUT2D eigenvalue weighted by atomic mass is 32.1. The molecule has 8 heteroatoms. The molecule has 0 aliphatic rings. The number of carbonyl (C=O) groups is 2. The van der Waals surface area contributed by atoms with Crippen molar-refractivity contribution in [1.29, 1.82) is 0 Å². The Hall–Kier alpha value is -1.77. The molecule has 5 nitrogen and oxygen atoms in total. The number of nitrogens with one attached hydrogen (secondary N) is 1. The third-order valence-electron chi connectivity index (χ3n) is 2.80.